The second kappa shape index (κ2) is 8.30. The summed E-state index contributed by atoms with van der Waals surface area (Å²) < 4.78 is 4.86. The lowest BCUT2D eigenvalue weighted by atomic mass is 9.94. The lowest BCUT2D eigenvalue weighted by Gasteiger charge is -2.12. The van der Waals surface area contributed by atoms with Gasteiger partial charge in [0.05, 0.1) is 6.61 Å². The molecule has 0 atom stereocenters. The fourth-order valence-electron chi connectivity index (χ4n) is 0.880. The molecule has 0 amide bonds. The molecule has 0 saturated carbocycles. The van der Waals surface area contributed by atoms with Crippen LogP contribution in [0.4, 0.5) is 0 Å². The standard InChI is InChI=1S/C9H12O2S.C6H14/c1-3-7-5-6-8(12-7)9(10)11-4-2;1-5-6(2,3)4/h5-6H,3-4H2,1-2H3;5H2,1-4H3. The molecule has 0 unspecified atom stereocenters. The fourth-order valence-corrected chi connectivity index (χ4v) is 1.72. The first-order valence-corrected chi connectivity index (χ1v) is 7.41. The van der Waals surface area contributed by atoms with Gasteiger partial charge in [0.15, 0.2) is 0 Å². The van der Waals surface area contributed by atoms with Crippen molar-refractivity contribution in [3.63, 3.8) is 0 Å². The van der Waals surface area contributed by atoms with Crippen molar-refractivity contribution in [1.29, 1.82) is 0 Å². The normalized spacial score (nSPS) is 10.6. The van der Waals surface area contributed by atoms with E-state index in [2.05, 4.69) is 34.6 Å². The summed E-state index contributed by atoms with van der Waals surface area (Å²) in [7, 11) is 0. The van der Waals surface area contributed by atoms with Crippen molar-refractivity contribution >= 4 is 17.3 Å². The summed E-state index contributed by atoms with van der Waals surface area (Å²) in [5.41, 5.74) is 0.542. The topological polar surface area (TPSA) is 26.3 Å². The van der Waals surface area contributed by atoms with Crippen LogP contribution in [0.25, 0.3) is 0 Å². The Kier molecular flexibility index (Phi) is 7.92. The maximum atomic E-state index is 11.2. The Labute approximate surface area is 115 Å². The molecule has 104 valence electrons. The summed E-state index contributed by atoms with van der Waals surface area (Å²) in [6.07, 6.45) is 2.25. The number of thiophene rings is 1. The van der Waals surface area contributed by atoms with Crippen LogP contribution in [0.15, 0.2) is 12.1 Å². The van der Waals surface area contributed by atoms with Crippen LogP contribution in [0.2, 0.25) is 0 Å². The highest BCUT2D eigenvalue weighted by molar-refractivity contribution is 7.13. The average Bonchev–Trinajstić information content (AvgIpc) is 2.78. The number of carbonyl (C=O) groups is 1. The molecule has 1 aromatic heterocycles. The molecule has 0 aromatic carbocycles. The Morgan fingerprint density at radius 3 is 2.11 bits per heavy atom. The van der Waals surface area contributed by atoms with Crippen molar-refractivity contribution in [2.75, 3.05) is 6.61 Å². The van der Waals surface area contributed by atoms with Crippen LogP contribution in [0.5, 0.6) is 0 Å². The molecule has 1 heterocycles. The second-order valence-corrected chi connectivity index (χ2v) is 6.42. The number of hydrogen-bond donors (Lipinski definition) is 0. The van der Waals surface area contributed by atoms with E-state index in [4.69, 9.17) is 4.74 Å². The molecule has 2 nitrogen and oxygen atoms in total. The molecule has 0 bridgehead atoms. The number of aryl methyl sites for hydroxylation is 1. The highest BCUT2D eigenvalue weighted by Crippen LogP contribution is 2.17. The minimum Gasteiger partial charge on any atom is -0.462 e. The molecule has 0 radical (unpaired) electrons. The zero-order chi connectivity index (χ0) is 14.2. The van der Waals surface area contributed by atoms with Gasteiger partial charge >= 0.3 is 5.97 Å². The summed E-state index contributed by atoms with van der Waals surface area (Å²) in [6.45, 7) is 13.3. The minimum atomic E-state index is -0.206. The van der Waals surface area contributed by atoms with Gasteiger partial charge in [-0.1, -0.05) is 41.0 Å². The Hall–Kier alpha value is -0.830. The Bertz CT molecular complexity index is 348. The van der Waals surface area contributed by atoms with E-state index in [0.717, 1.165) is 6.42 Å². The Morgan fingerprint density at radius 1 is 1.22 bits per heavy atom. The van der Waals surface area contributed by atoms with Gasteiger partial charge in [-0.2, -0.15) is 0 Å². The van der Waals surface area contributed by atoms with E-state index in [0.29, 0.717) is 16.9 Å². The summed E-state index contributed by atoms with van der Waals surface area (Å²) in [4.78, 5) is 13.1. The SMILES string of the molecule is CCC(C)(C)C.CCOC(=O)c1ccc(CC)s1. The highest BCUT2D eigenvalue weighted by Gasteiger charge is 2.08. The molecular weight excluding hydrogens is 244 g/mol. The van der Waals surface area contributed by atoms with Gasteiger partial charge in [-0.15, -0.1) is 11.3 Å². The van der Waals surface area contributed by atoms with Crippen molar-refractivity contribution in [3.05, 3.63) is 21.9 Å². The second-order valence-electron chi connectivity index (χ2n) is 5.25. The smallest absolute Gasteiger partial charge is 0.348 e. The molecule has 0 aliphatic heterocycles. The minimum absolute atomic E-state index is 0.206. The summed E-state index contributed by atoms with van der Waals surface area (Å²) in [6, 6.07) is 3.79. The molecule has 0 fully saturated rings. The van der Waals surface area contributed by atoms with Gasteiger partial charge < -0.3 is 4.74 Å². The largest absolute Gasteiger partial charge is 0.462 e. The third kappa shape index (κ3) is 7.49. The fraction of sp³-hybridized carbons (Fsp3) is 0.667. The van der Waals surface area contributed by atoms with Gasteiger partial charge in [0.25, 0.3) is 0 Å². The Morgan fingerprint density at radius 2 is 1.78 bits per heavy atom. The predicted octanol–water partition coefficient (Wildman–Crippen LogP) is 4.93. The van der Waals surface area contributed by atoms with Crippen LogP contribution >= 0.6 is 11.3 Å². The van der Waals surface area contributed by atoms with Crippen LogP contribution in [-0.4, -0.2) is 12.6 Å². The van der Waals surface area contributed by atoms with Crippen molar-refractivity contribution < 1.29 is 9.53 Å². The number of hydrogen-bond acceptors (Lipinski definition) is 3. The van der Waals surface area contributed by atoms with Crippen molar-refractivity contribution in [1.82, 2.24) is 0 Å². The van der Waals surface area contributed by atoms with E-state index in [-0.39, 0.29) is 5.97 Å². The maximum Gasteiger partial charge on any atom is 0.348 e. The quantitative estimate of drug-likeness (QED) is 0.728. The van der Waals surface area contributed by atoms with E-state index < -0.39 is 0 Å². The van der Waals surface area contributed by atoms with Gasteiger partial charge in [0, 0.05) is 4.88 Å². The average molecular weight is 270 g/mol. The van der Waals surface area contributed by atoms with Gasteiger partial charge in [0.1, 0.15) is 4.88 Å². The number of esters is 1. The summed E-state index contributed by atoms with van der Waals surface area (Å²) in [5, 5.41) is 0. The number of rotatable bonds is 3. The lowest BCUT2D eigenvalue weighted by Crippen LogP contribution is -2.01. The zero-order valence-electron chi connectivity index (χ0n) is 12.5. The highest BCUT2D eigenvalue weighted by atomic mass is 32.1. The first-order chi connectivity index (χ1) is 8.34. The van der Waals surface area contributed by atoms with Crippen LogP contribution in [-0.2, 0) is 11.2 Å². The van der Waals surface area contributed by atoms with Crippen LogP contribution < -0.4 is 0 Å². The number of ether oxygens (including phenoxy) is 1. The predicted molar refractivity (Wildman–Crippen MR) is 79.4 cm³/mol. The van der Waals surface area contributed by atoms with E-state index in [9.17, 15) is 4.79 Å². The molecule has 18 heavy (non-hydrogen) atoms. The van der Waals surface area contributed by atoms with E-state index in [1.165, 1.54) is 22.6 Å². The van der Waals surface area contributed by atoms with E-state index in [1.54, 1.807) is 0 Å². The maximum absolute atomic E-state index is 11.2. The molecular formula is C15H26O2S. The van der Waals surface area contributed by atoms with E-state index in [1.807, 2.05) is 19.1 Å². The van der Waals surface area contributed by atoms with E-state index >= 15 is 0 Å². The van der Waals surface area contributed by atoms with Gasteiger partial charge in [0.2, 0.25) is 0 Å². The first kappa shape index (κ1) is 17.2. The van der Waals surface area contributed by atoms with Crippen LogP contribution in [0.1, 0.15) is 62.5 Å². The van der Waals surface area contributed by atoms with Crippen LogP contribution in [0, 0.1) is 5.41 Å². The molecule has 0 N–H and O–H groups in total. The van der Waals surface area contributed by atoms with Gasteiger partial charge in [-0.3, -0.25) is 0 Å². The molecule has 3 heteroatoms. The van der Waals surface area contributed by atoms with Crippen molar-refractivity contribution in [3.8, 4) is 0 Å². The van der Waals surface area contributed by atoms with Crippen LogP contribution in [0.3, 0.4) is 0 Å². The lowest BCUT2D eigenvalue weighted by molar-refractivity contribution is 0.0532. The third-order valence-electron chi connectivity index (χ3n) is 2.55. The van der Waals surface area contributed by atoms with Crippen molar-refractivity contribution in [2.24, 2.45) is 5.41 Å². The monoisotopic (exact) mass is 270 g/mol. The molecule has 0 saturated heterocycles. The number of carbonyl (C=O) groups excluding carboxylic acids is 1. The van der Waals surface area contributed by atoms with Gasteiger partial charge in [-0.05, 0) is 30.9 Å². The molecule has 0 aliphatic carbocycles. The first-order valence-electron chi connectivity index (χ1n) is 6.59. The summed E-state index contributed by atoms with van der Waals surface area (Å²) >= 11 is 1.51. The van der Waals surface area contributed by atoms with Gasteiger partial charge in [-0.25, -0.2) is 4.79 Å². The Balaban J connectivity index is 0.000000411. The molecule has 1 rings (SSSR count). The summed E-state index contributed by atoms with van der Waals surface area (Å²) in [5.74, 6) is -0.206. The molecule has 0 aliphatic rings. The molecule has 1 aromatic rings. The van der Waals surface area contributed by atoms with Crippen molar-refractivity contribution in [2.45, 2.75) is 54.4 Å². The molecule has 0 spiro atoms. The zero-order valence-corrected chi connectivity index (χ0v) is 13.3. The third-order valence-corrected chi connectivity index (χ3v) is 3.76.